The van der Waals surface area contributed by atoms with E-state index in [-0.39, 0.29) is 12.0 Å². The molecule has 0 rings (SSSR count). The van der Waals surface area contributed by atoms with E-state index in [0.29, 0.717) is 0 Å². The van der Waals surface area contributed by atoms with Crippen LogP contribution in [0.5, 0.6) is 0 Å². The van der Waals surface area contributed by atoms with E-state index in [1.807, 2.05) is 13.8 Å². The Morgan fingerprint density at radius 2 is 1.75 bits per heavy atom. The van der Waals surface area contributed by atoms with Gasteiger partial charge >= 0.3 is 0 Å². The topological polar surface area (TPSA) is 40.5 Å². The number of hydrogen-bond acceptors (Lipinski definition) is 2. The minimum absolute atomic E-state index is 0.00236. The van der Waals surface area contributed by atoms with Crippen LogP contribution in [0, 0.1) is 5.92 Å². The lowest BCUT2D eigenvalue weighted by atomic mass is 9.82. The summed E-state index contributed by atoms with van der Waals surface area (Å²) in [6.07, 6.45) is 2.21. The maximum absolute atomic E-state index is 9.71. The van der Waals surface area contributed by atoms with E-state index in [4.69, 9.17) is 0 Å². The minimum Gasteiger partial charge on any atom is -0.393 e. The Kier molecular flexibility index (Phi) is 4.80. The molecule has 74 valence electrons. The van der Waals surface area contributed by atoms with E-state index < -0.39 is 5.60 Å². The van der Waals surface area contributed by atoms with Crippen LogP contribution in [-0.2, 0) is 0 Å². The SMILES string of the molecule is CCCC(O)C(CC)C(C)(C)O. The maximum atomic E-state index is 9.71. The molecule has 0 radical (unpaired) electrons. The van der Waals surface area contributed by atoms with Gasteiger partial charge in [-0.1, -0.05) is 20.3 Å². The highest BCUT2D eigenvalue weighted by Crippen LogP contribution is 2.25. The van der Waals surface area contributed by atoms with Crippen LogP contribution in [-0.4, -0.2) is 21.9 Å². The zero-order chi connectivity index (χ0) is 9.78. The molecule has 0 bridgehead atoms. The summed E-state index contributed by atoms with van der Waals surface area (Å²) in [6, 6.07) is 0. The van der Waals surface area contributed by atoms with Crippen molar-refractivity contribution < 1.29 is 10.2 Å². The van der Waals surface area contributed by atoms with Gasteiger partial charge in [0, 0.05) is 5.92 Å². The van der Waals surface area contributed by atoms with Crippen LogP contribution in [0.3, 0.4) is 0 Å². The average molecular weight is 174 g/mol. The first-order chi connectivity index (χ1) is 5.43. The van der Waals surface area contributed by atoms with E-state index >= 15 is 0 Å². The van der Waals surface area contributed by atoms with Gasteiger partial charge in [0.1, 0.15) is 0 Å². The lowest BCUT2D eigenvalue weighted by molar-refractivity contribution is -0.0506. The van der Waals surface area contributed by atoms with Gasteiger partial charge in [0.2, 0.25) is 0 Å². The smallest absolute Gasteiger partial charge is 0.0644 e. The quantitative estimate of drug-likeness (QED) is 0.668. The van der Waals surface area contributed by atoms with Gasteiger partial charge in [0.05, 0.1) is 11.7 Å². The number of rotatable bonds is 5. The highest BCUT2D eigenvalue weighted by molar-refractivity contribution is 4.81. The van der Waals surface area contributed by atoms with Crippen molar-refractivity contribution in [1.29, 1.82) is 0 Å². The van der Waals surface area contributed by atoms with Gasteiger partial charge in [0.25, 0.3) is 0 Å². The Hall–Kier alpha value is -0.0800. The molecule has 0 aliphatic heterocycles. The van der Waals surface area contributed by atoms with Crippen LogP contribution >= 0.6 is 0 Å². The summed E-state index contributed by atoms with van der Waals surface area (Å²) >= 11 is 0. The van der Waals surface area contributed by atoms with Crippen LogP contribution in [0.2, 0.25) is 0 Å². The van der Waals surface area contributed by atoms with Crippen molar-refractivity contribution >= 4 is 0 Å². The van der Waals surface area contributed by atoms with Crippen molar-refractivity contribution in [3.05, 3.63) is 0 Å². The van der Waals surface area contributed by atoms with Crippen LogP contribution in [0.25, 0.3) is 0 Å². The first-order valence-corrected chi connectivity index (χ1v) is 4.83. The van der Waals surface area contributed by atoms with Gasteiger partial charge in [-0.05, 0) is 26.7 Å². The van der Waals surface area contributed by atoms with Crippen LogP contribution in [0.15, 0.2) is 0 Å². The maximum Gasteiger partial charge on any atom is 0.0644 e. The molecule has 0 fully saturated rings. The van der Waals surface area contributed by atoms with Crippen LogP contribution < -0.4 is 0 Å². The molecule has 2 unspecified atom stereocenters. The van der Waals surface area contributed by atoms with E-state index in [0.717, 1.165) is 19.3 Å². The summed E-state index contributed by atoms with van der Waals surface area (Å²) in [6.45, 7) is 7.57. The lowest BCUT2D eigenvalue weighted by Crippen LogP contribution is -2.38. The van der Waals surface area contributed by atoms with Gasteiger partial charge in [-0.25, -0.2) is 0 Å². The third kappa shape index (κ3) is 3.55. The molecule has 0 heterocycles. The van der Waals surface area contributed by atoms with Crippen molar-refractivity contribution in [3.63, 3.8) is 0 Å². The van der Waals surface area contributed by atoms with Gasteiger partial charge in [0.15, 0.2) is 0 Å². The summed E-state index contributed by atoms with van der Waals surface area (Å²) in [5.74, 6) is -0.00236. The predicted octanol–water partition coefficient (Wildman–Crippen LogP) is 1.94. The third-order valence-electron chi connectivity index (χ3n) is 2.40. The number of hydrogen-bond donors (Lipinski definition) is 2. The highest BCUT2D eigenvalue weighted by atomic mass is 16.3. The zero-order valence-electron chi connectivity index (χ0n) is 8.67. The third-order valence-corrected chi connectivity index (χ3v) is 2.40. The van der Waals surface area contributed by atoms with Crippen molar-refractivity contribution in [3.8, 4) is 0 Å². The Morgan fingerprint density at radius 1 is 1.25 bits per heavy atom. The molecule has 0 aliphatic rings. The molecule has 2 N–H and O–H groups in total. The van der Waals surface area contributed by atoms with E-state index in [2.05, 4.69) is 0 Å². The standard InChI is InChI=1S/C10H22O2/c1-5-7-9(11)8(6-2)10(3,4)12/h8-9,11-12H,5-7H2,1-4H3. The molecule has 0 aliphatic carbocycles. The van der Waals surface area contributed by atoms with Gasteiger partial charge < -0.3 is 10.2 Å². The molecule has 0 aromatic rings. The Balaban J connectivity index is 4.14. The van der Waals surface area contributed by atoms with Crippen LogP contribution in [0.1, 0.15) is 47.0 Å². The van der Waals surface area contributed by atoms with Crippen molar-refractivity contribution in [2.24, 2.45) is 5.92 Å². The second kappa shape index (κ2) is 4.83. The fourth-order valence-electron chi connectivity index (χ4n) is 1.74. The Bertz CT molecular complexity index is 115. The Morgan fingerprint density at radius 3 is 2.00 bits per heavy atom. The first-order valence-electron chi connectivity index (χ1n) is 4.83. The monoisotopic (exact) mass is 174 g/mol. The summed E-state index contributed by atoms with van der Waals surface area (Å²) < 4.78 is 0. The lowest BCUT2D eigenvalue weighted by Gasteiger charge is -2.32. The minimum atomic E-state index is -0.761. The molecule has 2 nitrogen and oxygen atoms in total. The molecule has 0 amide bonds. The van der Waals surface area contributed by atoms with Gasteiger partial charge in [-0.15, -0.1) is 0 Å². The average Bonchev–Trinajstić information content (AvgIpc) is 1.85. The molecule has 0 saturated carbocycles. The summed E-state index contributed by atoms with van der Waals surface area (Å²) in [5.41, 5.74) is -0.761. The molecule has 12 heavy (non-hydrogen) atoms. The van der Waals surface area contributed by atoms with Crippen molar-refractivity contribution in [2.75, 3.05) is 0 Å². The van der Waals surface area contributed by atoms with E-state index in [9.17, 15) is 10.2 Å². The molecule has 0 aromatic carbocycles. The summed E-state index contributed by atoms with van der Waals surface area (Å²) in [5, 5.41) is 19.4. The largest absolute Gasteiger partial charge is 0.393 e. The molecule has 0 saturated heterocycles. The fraction of sp³-hybridized carbons (Fsp3) is 1.00. The molecule has 2 atom stereocenters. The number of aliphatic hydroxyl groups is 2. The van der Waals surface area contributed by atoms with Crippen molar-refractivity contribution in [2.45, 2.75) is 58.7 Å². The molecular formula is C10H22O2. The predicted molar refractivity (Wildman–Crippen MR) is 51.0 cm³/mol. The first kappa shape index (κ1) is 11.9. The zero-order valence-corrected chi connectivity index (χ0v) is 8.67. The highest BCUT2D eigenvalue weighted by Gasteiger charge is 2.30. The fourth-order valence-corrected chi connectivity index (χ4v) is 1.74. The van der Waals surface area contributed by atoms with Crippen molar-refractivity contribution in [1.82, 2.24) is 0 Å². The van der Waals surface area contributed by atoms with Gasteiger partial charge in [-0.2, -0.15) is 0 Å². The normalized spacial score (nSPS) is 17.5. The second-order valence-electron chi connectivity index (χ2n) is 4.02. The molecule has 2 heteroatoms. The number of aliphatic hydroxyl groups excluding tert-OH is 1. The molecular weight excluding hydrogens is 152 g/mol. The van der Waals surface area contributed by atoms with Crippen LogP contribution in [0.4, 0.5) is 0 Å². The van der Waals surface area contributed by atoms with E-state index in [1.165, 1.54) is 0 Å². The van der Waals surface area contributed by atoms with Gasteiger partial charge in [-0.3, -0.25) is 0 Å². The summed E-state index contributed by atoms with van der Waals surface area (Å²) in [7, 11) is 0. The Labute approximate surface area is 75.6 Å². The van der Waals surface area contributed by atoms with E-state index in [1.54, 1.807) is 13.8 Å². The molecule has 0 aromatic heterocycles. The summed E-state index contributed by atoms with van der Waals surface area (Å²) in [4.78, 5) is 0. The second-order valence-corrected chi connectivity index (χ2v) is 4.02. The molecule has 0 spiro atoms.